The largest absolute Gasteiger partial charge is 0.493 e. The van der Waals surface area contributed by atoms with Crippen LogP contribution in [-0.2, 0) is 0 Å². The average molecular weight is 468 g/mol. The molecule has 0 saturated carbocycles. The quantitative estimate of drug-likeness (QED) is 0.554. The Kier molecular flexibility index (Phi) is 6.74. The molecule has 4 rings (SSSR count). The Balaban J connectivity index is 1.44. The third kappa shape index (κ3) is 5.06. The summed E-state index contributed by atoms with van der Waals surface area (Å²) in [5, 5.41) is 14.9. The first-order chi connectivity index (χ1) is 16.0. The molecule has 9 nitrogen and oxygen atoms in total. The first kappa shape index (κ1) is 22.5. The van der Waals surface area contributed by atoms with Crippen molar-refractivity contribution in [2.24, 2.45) is 0 Å². The highest BCUT2D eigenvalue weighted by atomic mass is 32.1. The summed E-state index contributed by atoms with van der Waals surface area (Å²) in [6.07, 6.45) is 1.60. The minimum atomic E-state index is -0.318. The lowest BCUT2D eigenvalue weighted by molar-refractivity contribution is 0.102. The molecule has 2 aromatic carbocycles. The zero-order valence-electron chi connectivity index (χ0n) is 18.6. The zero-order valence-corrected chi connectivity index (χ0v) is 19.4. The second-order valence-corrected chi connectivity index (χ2v) is 8.63. The van der Waals surface area contributed by atoms with Crippen molar-refractivity contribution in [1.82, 2.24) is 15.1 Å². The summed E-state index contributed by atoms with van der Waals surface area (Å²) in [7, 11) is 3.10. The van der Waals surface area contributed by atoms with Crippen LogP contribution in [-0.4, -0.2) is 47.8 Å². The third-order valence-corrected chi connectivity index (χ3v) is 6.40. The Morgan fingerprint density at radius 2 is 1.73 bits per heavy atom. The van der Waals surface area contributed by atoms with Gasteiger partial charge in [0.15, 0.2) is 11.5 Å². The lowest BCUT2D eigenvalue weighted by Gasteiger charge is -2.23. The molecule has 3 aromatic rings. The van der Waals surface area contributed by atoms with Crippen LogP contribution in [0, 0.1) is 6.92 Å². The molecule has 1 aliphatic rings. The number of nitrogens with one attached hydrogen (secondary N) is 2. The van der Waals surface area contributed by atoms with Crippen molar-refractivity contribution in [3.05, 3.63) is 58.0 Å². The lowest BCUT2D eigenvalue weighted by atomic mass is 10.2. The summed E-state index contributed by atoms with van der Waals surface area (Å²) in [6, 6.07) is 12.2. The maximum Gasteiger partial charge on any atom is 0.322 e. The van der Waals surface area contributed by atoms with Crippen LogP contribution in [0.3, 0.4) is 0 Å². The molecule has 0 aliphatic carbocycles. The van der Waals surface area contributed by atoms with Gasteiger partial charge in [-0.3, -0.25) is 4.79 Å². The van der Waals surface area contributed by atoms with E-state index in [0.717, 1.165) is 18.4 Å². The summed E-state index contributed by atoms with van der Waals surface area (Å²) in [5.41, 5.74) is 2.40. The van der Waals surface area contributed by atoms with Crippen LogP contribution in [0.15, 0.2) is 42.5 Å². The van der Waals surface area contributed by atoms with Crippen molar-refractivity contribution in [3.63, 3.8) is 0 Å². The summed E-state index contributed by atoms with van der Waals surface area (Å²) >= 11 is 1.21. The van der Waals surface area contributed by atoms with Gasteiger partial charge in [0.05, 0.1) is 20.3 Å². The summed E-state index contributed by atoms with van der Waals surface area (Å²) < 4.78 is 10.5. The van der Waals surface area contributed by atoms with Gasteiger partial charge >= 0.3 is 6.03 Å². The molecule has 0 bridgehead atoms. The average Bonchev–Trinajstić information content (AvgIpc) is 3.50. The molecule has 0 spiro atoms. The number of aryl methyl sites for hydroxylation is 1. The number of ether oxygens (including phenoxy) is 2. The van der Waals surface area contributed by atoms with Gasteiger partial charge in [0, 0.05) is 24.0 Å². The molecule has 1 fully saturated rings. The molecule has 1 aliphatic heterocycles. The van der Waals surface area contributed by atoms with Crippen LogP contribution in [0.4, 0.5) is 16.2 Å². The van der Waals surface area contributed by atoms with E-state index in [9.17, 15) is 9.59 Å². The first-order valence-corrected chi connectivity index (χ1v) is 11.3. The van der Waals surface area contributed by atoms with Gasteiger partial charge in [-0.1, -0.05) is 29.0 Å². The van der Waals surface area contributed by atoms with E-state index in [-0.39, 0.29) is 23.0 Å². The molecule has 3 amide bonds. The Hall–Kier alpha value is -3.66. The van der Waals surface area contributed by atoms with Crippen LogP contribution < -0.4 is 20.1 Å². The monoisotopic (exact) mass is 467 g/mol. The van der Waals surface area contributed by atoms with Crippen molar-refractivity contribution in [3.8, 4) is 11.5 Å². The Labute approximate surface area is 195 Å². The fraction of sp³-hybridized carbons (Fsp3) is 0.304. The topological polar surface area (TPSA) is 106 Å². The van der Waals surface area contributed by atoms with Crippen LogP contribution in [0.2, 0.25) is 0 Å². The summed E-state index contributed by atoms with van der Waals surface area (Å²) in [5.74, 6) is 0.795. The van der Waals surface area contributed by atoms with Crippen LogP contribution in [0.25, 0.3) is 0 Å². The van der Waals surface area contributed by atoms with Gasteiger partial charge in [0.25, 0.3) is 5.91 Å². The molecule has 2 heterocycles. The molecule has 10 heteroatoms. The minimum absolute atomic E-state index is 0.233. The van der Waals surface area contributed by atoms with Crippen molar-refractivity contribution < 1.29 is 19.1 Å². The molecule has 33 heavy (non-hydrogen) atoms. The smallest absolute Gasteiger partial charge is 0.322 e. The number of aromatic nitrogens is 2. The number of nitrogens with zero attached hydrogens (tertiary/aromatic N) is 3. The number of hydrogen-bond donors (Lipinski definition) is 2. The molecule has 2 N–H and O–H groups in total. The number of methoxy groups -OCH3 is 2. The van der Waals surface area contributed by atoms with E-state index in [1.807, 2.05) is 31.2 Å². The van der Waals surface area contributed by atoms with Gasteiger partial charge < -0.3 is 25.0 Å². The number of urea groups is 1. The number of carbonyl (C=O) groups is 2. The van der Waals surface area contributed by atoms with E-state index in [1.165, 1.54) is 11.3 Å². The molecule has 1 saturated heterocycles. The highest BCUT2D eigenvalue weighted by Gasteiger charge is 2.33. The zero-order chi connectivity index (χ0) is 23.4. The van der Waals surface area contributed by atoms with Gasteiger partial charge in [0.1, 0.15) is 5.01 Å². The van der Waals surface area contributed by atoms with Gasteiger partial charge in [-0.2, -0.15) is 0 Å². The molecule has 1 atom stereocenters. The highest BCUT2D eigenvalue weighted by molar-refractivity contribution is 7.13. The normalized spacial score (nSPS) is 15.2. The number of carbonyl (C=O) groups excluding carboxylic acids is 2. The van der Waals surface area contributed by atoms with E-state index in [4.69, 9.17) is 9.47 Å². The van der Waals surface area contributed by atoms with Crippen molar-refractivity contribution >= 4 is 34.6 Å². The predicted octanol–water partition coefficient (Wildman–Crippen LogP) is 4.49. The molecule has 172 valence electrons. The van der Waals surface area contributed by atoms with Gasteiger partial charge in [-0.25, -0.2) is 4.79 Å². The van der Waals surface area contributed by atoms with Crippen LogP contribution in [0.5, 0.6) is 11.5 Å². The second kappa shape index (κ2) is 9.86. The van der Waals surface area contributed by atoms with E-state index < -0.39 is 0 Å². The van der Waals surface area contributed by atoms with Crippen molar-refractivity contribution in [2.45, 2.75) is 25.8 Å². The van der Waals surface area contributed by atoms with Crippen LogP contribution in [0.1, 0.15) is 39.3 Å². The number of rotatable bonds is 6. The maximum absolute atomic E-state index is 13.0. The standard InChI is InChI=1S/C23H25N5O4S/c1-14-6-8-15(9-7-14)24-20(29)22-27-26-21(33-22)17-5-4-12-28(17)23(30)25-16-10-11-18(31-2)19(13-16)32-3/h6-11,13,17H,4-5,12H2,1-3H3,(H,24,29)(H,25,30)/t17-/m1/s1. The molecule has 0 unspecified atom stereocenters. The maximum atomic E-state index is 13.0. The fourth-order valence-corrected chi connectivity index (χ4v) is 4.54. The lowest BCUT2D eigenvalue weighted by Crippen LogP contribution is -2.34. The van der Waals surface area contributed by atoms with Gasteiger partial charge in [0.2, 0.25) is 5.01 Å². The van der Waals surface area contributed by atoms with E-state index in [0.29, 0.717) is 34.4 Å². The number of likely N-dealkylation sites (tertiary alicyclic amines) is 1. The molecule has 0 radical (unpaired) electrons. The van der Waals surface area contributed by atoms with Gasteiger partial charge in [-0.15, -0.1) is 10.2 Å². The van der Waals surface area contributed by atoms with Crippen molar-refractivity contribution in [2.75, 3.05) is 31.4 Å². The Morgan fingerprint density at radius 3 is 2.45 bits per heavy atom. The number of hydrogen-bond acceptors (Lipinski definition) is 7. The Bertz CT molecular complexity index is 1150. The molecule has 1 aromatic heterocycles. The number of benzene rings is 2. The van der Waals surface area contributed by atoms with Gasteiger partial charge in [-0.05, 0) is 44.0 Å². The van der Waals surface area contributed by atoms with E-state index in [1.54, 1.807) is 37.3 Å². The predicted molar refractivity (Wildman–Crippen MR) is 126 cm³/mol. The van der Waals surface area contributed by atoms with Crippen molar-refractivity contribution in [1.29, 1.82) is 0 Å². The molecular formula is C23H25N5O4S. The summed E-state index contributed by atoms with van der Waals surface area (Å²) in [4.78, 5) is 27.3. The first-order valence-electron chi connectivity index (χ1n) is 10.5. The summed E-state index contributed by atoms with van der Waals surface area (Å²) in [6.45, 7) is 2.57. The highest BCUT2D eigenvalue weighted by Crippen LogP contribution is 2.35. The fourth-order valence-electron chi connectivity index (χ4n) is 3.66. The third-order valence-electron chi connectivity index (χ3n) is 5.38. The van der Waals surface area contributed by atoms with Crippen LogP contribution >= 0.6 is 11.3 Å². The minimum Gasteiger partial charge on any atom is -0.493 e. The number of amides is 3. The van der Waals surface area contributed by atoms with E-state index >= 15 is 0 Å². The Morgan fingerprint density at radius 1 is 1.00 bits per heavy atom. The van der Waals surface area contributed by atoms with E-state index in [2.05, 4.69) is 20.8 Å². The second-order valence-electron chi connectivity index (χ2n) is 7.62. The number of anilines is 2. The molecular weight excluding hydrogens is 442 g/mol. The SMILES string of the molecule is COc1ccc(NC(=O)N2CCC[C@@H]2c2nnc(C(=O)Nc3ccc(C)cc3)s2)cc1OC.